The van der Waals surface area contributed by atoms with Crippen molar-refractivity contribution in [1.82, 2.24) is 10.3 Å². The minimum absolute atomic E-state index is 0.0525. The van der Waals surface area contributed by atoms with Crippen molar-refractivity contribution >= 4 is 5.78 Å². The highest BCUT2D eigenvalue weighted by Gasteiger charge is 2.03. The van der Waals surface area contributed by atoms with E-state index in [1.807, 2.05) is 26.0 Å². The van der Waals surface area contributed by atoms with Crippen LogP contribution in [0.2, 0.25) is 0 Å². The molecule has 0 aliphatic rings. The van der Waals surface area contributed by atoms with Crippen LogP contribution >= 0.6 is 0 Å². The van der Waals surface area contributed by atoms with Gasteiger partial charge >= 0.3 is 0 Å². The Bertz CT molecular complexity index is 585. The van der Waals surface area contributed by atoms with Gasteiger partial charge in [-0.05, 0) is 58.3 Å². The van der Waals surface area contributed by atoms with Gasteiger partial charge < -0.3 is 10.1 Å². The van der Waals surface area contributed by atoms with Crippen molar-refractivity contribution in [3.05, 3.63) is 60.3 Å². The summed E-state index contributed by atoms with van der Waals surface area (Å²) in [5, 5.41) is 3.39. The van der Waals surface area contributed by atoms with Crippen LogP contribution in [0.15, 0.2) is 54.8 Å². The molecule has 26 heavy (non-hydrogen) atoms. The molecule has 0 radical (unpaired) electrons. The predicted octanol–water partition coefficient (Wildman–Crippen LogP) is 4.89. The number of ether oxygens (including phenoxy) is 1. The SMILES string of the molecule is C=CCCNCCCCCCOc1ccc(C(=O)C=CC=C(C)C)cn1. The third kappa shape index (κ3) is 10.6. The minimum Gasteiger partial charge on any atom is -0.478 e. The van der Waals surface area contributed by atoms with E-state index in [2.05, 4.69) is 16.9 Å². The highest BCUT2D eigenvalue weighted by molar-refractivity contribution is 6.04. The Kier molecular flexibility index (Phi) is 11.8. The number of carbonyl (C=O) groups is 1. The fraction of sp³-hybridized carbons (Fsp3) is 0.455. The van der Waals surface area contributed by atoms with Crippen molar-refractivity contribution in [2.24, 2.45) is 0 Å². The highest BCUT2D eigenvalue weighted by Crippen LogP contribution is 2.10. The van der Waals surface area contributed by atoms with Crippen LogP contribution in [-0.4, -0.2) is 30.5 Å². The Labute approximate surface area is 158 Å². The molecule has 4 nitrogen and oxygen atoms in total. The molecular weight excluding hydrogens is 324 g/mol. The van der Waals surface area contributed by atoms with Crippen molar-refractivity contribution in [2.75, 3.05) is 19.7 Å². The van der Waals surface area contributed by atoms with Gasteiger partial charge in [-0.1, -0.05) is 36.6 Å². The van der Waals surface area contributed by atoms with Gasteiger partial charge in [-0.2, -0.15) is 0 Å². The van der Waals surface area contributed by atoms with Crippen LogP contribution in [0.5, 0.6) is 5.88 Å². The fourth-order valence-corrected chi connectivity index (χ4v) is 2.25. The molecule has 142 valence electrons. The molecule has 0 spiro atoms. The number of pyridine rings is 1. The predicted molar refractivity (Wildman–Crippen MR) is 109 cm³/mol. The summed E-state index contributed by atoms with van der Waals surface area (Å²) in [6.45, 7) is 10.4. The number of unbranched alkanes of at least 4 members (excludes halogenated alkanes) is 3. The molecule has 0 saturated heterocycles. The first-order valence-electron chi connectivity index (χ1n) is 9.40. The van der Waals surface area contributed by atoms with Crippen molar-refractivity contribution in [1.29, 1.82) is 0 Å². The largest absolute Gasteiger partial charge is 0.478 e. The highest BCUT2D eigenvalue weighted by atomic mass is 16.5. The van der Waals surface area contributed by atoms with E-state index in [0.717, 1.165) is 37.9 Å². The summed E-state index contributed by atoms with van der Waals surface area (Å²) in [7, 11) is 0. The molecule has 1 N–H and O–H groups in total. The van der Waals surface area contributed by atoms with E-state index in [9.17, 15) is 4.79 Å². The lowest BCUT2D eigenvalue weighted by atomic mass is 10.1. The van der Waals surface area contributed by atoms with E-state index in [1.54, 1.807) is 30.5 Å². The Morgan fingerprint density at radius 2 is 2.00 bits per heavy atom. The van der Waals surface area contributed by atoms with E-state index < -0.39 is 0 Å². The maximum atomic E-state index is 12.0. The van der Waals surface area contributed by atoms with Gasteiger partial charge in [0.2, 0.25) is 5.88 Å². The number of allylic oxidation sites excluding steroid dienone is 4. The molecule has 0 unspecified atom stereocenters. The zero-order chi connectivity index (χ0) is 19.0. The number of hydrogen-bond donors (Lipinski definition) is 1. The average molecular weight is 357 g/mol. The monoisotopic (exact) mass is 356 g/mol. The summed E-state index contributed by atoms with van der Waals surface area (Å²) in [5.41, 5.74) is 1.72. The first-order valence-corrected chi connectivity index (χ1v) is 9.40. The number of aromatic nitrogens is 1. The average Bonchev–Trinajstić information content (AvgIpc) is 2.63. The van der Waals surface area contributed by atoms with Gasteiger partial charge in [0.25, 0.3) is 0 Å². The van der Waals surface area contributed by atoms with Gasteiger partial charge in [-0.3, -0.25) is 4.79 Å². The van der Waals surface area contributed by atoms with E-state index in [-0.39, 0.29) is 5.78 Å². The molecule has 0 fully saturated rings. The topological polar surface area (TPSA) is 51.2 Å². The molecule has 4 heteroatoms. The summed E-state index contributed by atoms with van der Waals surface area (Å²) in [5.74, 6) is 0.518. The van der Waals surface area contributed by atoms with Crippen molar-refractivity contribution in [3.8, 4) is 5.88 Å². The number of rotatable bonds is 14. The zero-order valence-corrected chi connectivity index (χ0v) is 16.2. The third-order valence-electron chi connectivity index (χ3n) is 3.72. The Balaban J connectivity index is 2.17. The number of carbonyl (C=O) groups excluding carboxylic acids is 1. The molecule has 0 bridgehead atoms. The number of nitrogens with zero attached hydrogens (tertiary/aromatic N) is 1. The van der Waals surface area contributed by atoms with Crippen molar-refractivity contribution in [3.63, 3.8) is 0 Å². The summed E-state index contributed by atoms with van der Waals surface area (Å²) in [6.07, 6.45) is 14.3. The molecular formula is C22H32N2O2. The maximum absolute atomic E-state index is 12.0. The molecule has 1 heterocycles. The second-order valence-corrected chi connectivity index (χ2v) is 6.44. The Morgan fingerprint density at radius 1 is 1.19 bits per heavy atom. The van der Waals surface area contributed by atoms with Crippen LogP contribution in [0.4, 0.5) is 0 Å². The van der Waals surface area contributed by atoms with E-state index in [4.69, 9.17) is 4.74 Å². The summed E-state index contributed by atoms with van der Waals surface area (Å²) in [4.78, 5) is 16.2. The lowest BCUT2D eigenvalue weighted by Gasteiger charge is -2.06. The van der Waals surface area contributed by atoms with Gasteiger partial charge in [0, 0.05) is 17.8 Å². The quantitative estimate of drug-likeness (QED) is 0.169. The second-order valence-electron chi connectivity index (χ2n) is 6.44. The van der Waals surface area contributed by atoms with Crippen LogP contribution in [0.25, 0.3) is 0 Å². The molecule has 0 aromatic carbocycles. The van der Waals surface area contributed by atoms with Crippen LogP contribution in [0.3, 0.4) is 0 Å². The van der Waals surface area contributed by atoms with E-state index in [0.29, 0.717) is 18.1 Å². The maximum Gasteiger partial charge on any atom is 0.213 e. The lowest BCUT2D eigenvalue weighted by Crippen LogP contribution is -2.15. The van der Waals surface area contributed by atoms with Crippen molar-refractivity contribution < 1.29 is 9.53 Å². The smallest absolute Gasteiger partial charge is 0.213 e. The van der Waals surface area contributed by atoms with Gasteiger partial charge in [0.15, 0.2) is 5.78 Å². The standard InChI is InChI=1S/C22H32N2O2/c1-4-5-15-23-16-8-6-7-9-17-26-22-14-13-20(18-24-22)21(25)12-10-11-19(2)3/h4,10-14,18,23H,1,5-9,15-17H2,2-3H3. The van der Waals surface area contributed by atoms with Crippen LogP contribution < -0.4 is 10.1 Å². The fourth-order valence-electron chi connectivity index (χ4n) is 2.25. The minimum atomic E-state index is -0.0525. The summed E-state index contributed by atoms with van der Waals surface area (Å²) >= 11 is 0. The van der Waals surface area contributed by atoms with Gasteiger partial charge in [0.1, 0.15) is 0 Å². The molecule has 0 saturated carbocycles. The normalized spacial score (nSPS) is 10.7. The Hall–Kier alpha value is -2.20. The summed E-state index contributed by atoms with van der Waals surface area (Å²) in [6, 6.07) is 3.51. The molecule has 1 aromatic rings. The zero-order valence-electron chi connectivity index (χ0n) is 16.2. The first kappa shape index (κ1) is 21.8. The molecule has 1 rings (SSSR count). The summed E-state index contributed by atoms with van der Waals surface area (Å²) < 4.78 is 5.64. The van der Waals surface area contributed by atoms with E-state index in [1.165, 1.54) is 12.8 Å². The van der Waals surface area contributed by atoms with Crippen molar-refractivity contribution in [2.45, 2.75) is 46.0 Å². The van der Waals surface area contributed by atoms with Gasteiger partial charge in [0.05, 0.1) is 6.61 Å². The second kappa shape index (κ2) is 14.0. The number of nitrogens with one attached hydrogen (secondary N) is 1. The molecule has 0 aliphatic carbocycles. The molecule has 1 aromatic heterocycles. The molecule has 0 aliphatic heterocycles. The van der Waals surface area contributed by atoms with Crippen LogP contribution in [0, 0.1) is 0 Å². The first-order chi connectivity index (χ1) is 12.6. The molecule has 0 atom stereocenters. The van der Waals surface area contributed by atoms with Crippen LogP contribution in [-0.2, 0) is 0 Å². The van der Waals surface area contributed by atoms with Crippen LogP contribution in [0.1, 0.15) is 56.3 Å². The molecule has 0 amide bonds. The van der Waals surface area contributed by atoms with E-state index >= 15 is 0 Å². The number of hydrogen-bond acceptors (Lipinski definition) is 4. The lowest BCUT2D eigenvalue weighted by molar-refractivity contribution is 0.104. The Morgan fingerprint density at radius 3 is 2.69 bits per heavy atom. The number of ketones is 1. The van der Waals surface area contributed by atoms with Gasteiger partial charge in [-0.25, -0.2) is 4.98 Å². The third-order valence-corrected chi connectivity index (χ3v) is 3.72. The van der Waals surface area contributed by atoms with Gasteiger partial charge in [-0.15, -0.1) is 6.58 Å².